The van der Waals surface area contributed by atoms with Crippen molar-refractivity contribution in [2.24, 2.45) is 0 Å². The fourth-order valence-electron chi connectivity index (χ4n) is 1.38. The Morgan fingerprint density at radius 2 is 2.12 bits per heavy atom. The predicted octanol–water partition coefficient (Wildman–Crippen LogP) is 1.33. The Kier molecular flexibility index (Phi) is 2.69. The highest BCUT2D eigenvalue weighted by Crippen LogP contribution is 2.29. The van der Waals surface area contributed by atoms with Crippen molar-refractivity contribution in [3.8, 4) is 10.6 Å². The van der Waals surface area contributed by atoms with Gasteiger partial charge in [0.15, 0.2) is 5.69 Å². The number of esters is 1. The number of hydrogen-bond acceptors (Lipinski definition) is 6. The van der Waals surface area contributed by atoms with E-state index in [9.17, 15) is 4.79 Å². The largest absolute Gasteiger partial charge is 0.464 e. The Hall–Kier alpha value is -1.76. The minimum absolute atomic E-state index is 0.189. The molecule has 2 aromatic heterocycles. The van der Waals surface area contributed by atoms with Gasteiger partial charge in [-0.15, -0.1) is 16.4 Å². The molecule has 1 N–H and O–H groups in total. The molecule has 84 valence electrons. The second-order valence-corrected chi connectivity index (χ2v) is 4.36. The Morgan fingerprint density at radius 1 is 1.38 bits per heavy atom. The van der Waals surface area contributed by atoms with Crippen LogP contribution in [0.3, 0.4) is 0 Å². The molecule has 0 amide bonds. The van der Waals surface area contributed by atoms with Crippen molar-refractivity contribution >= 4 is 17.3 Å². The highest BCUT2D eigenvalue weighted by Gasteiger charge is 2.21. The van der Waals surface area contributed by atoms with Crippen LogP contribution >= 0.6 is 11.3 Å². The molecule has 0 spiro atoms. The molecule has 0 aliphatic carbocycles. The number of ether oxygens (including phenoxy) is 1. The molecular formula is C9H10N4O2S. The van der Waals surface area contributed by atoms with Crippen molar-refractivity contribution in [1.29, 1.82) is 0 Å². The van der Waals surface area contributed by atoms with Crippen LogP contribution in [0.25, 0.3) is 10.6 Å². The maximum absolute atomic E-state index is 11.4. The van der Waals surface area contributed by atoms with Crippen LogP contribution in [0.15, 0.2) is 0 Å². The molecule has 2 heterocycles. The van der Waals surface area contributed by atoms with Crippen LogP contribution in [-0.2, 0) is 4.74 Å². The number of methoxy groups -OCH3 is 1. The molecule has 0 aliphatic heterocycles. The third kappa shape index (κ3) is 1.69. The van der Waals surface area contributed by atoms with Gasteiger partial charge in [-0.05, 0) is 13.8 Å². The fraction of sp³-hybridized carbons (Fsp3) is 0.333. The van der Waals surface area contributed by atoms with Crippen LogP contribution in [-0.4, -0.2) is 33.5 Å². The third-order valence-corrected chi connectivity index (χ3v) is 3.12. The molecule has 0 bridgehead atoms. The molecule has 6 nitrogen and oxygen atoms in total. The average molecular weight is 238 g/mol. The van der Waals surface area contributed by atoms with Gasteiger partial charge >= 0.3 is 5.97 Å². The van der Waals surface area contributed by atoms with Crippen LogP contribution < -0.4 is 0 Å². The molecule has 2 rings (SSSR count). The molecule has 0 saturated heterocycles. The number of hydrogen-bond donors (Lipinski definition) is 1. The molecule has 0 aliphatic rings. The van der Waals surface area contributed by atoms with Crippen molar-refractivity contribution in [2.45, 2.75) is 13.8 Å². The highest BCUT2D eigenvalue weighted by molar-refractivity contribution is 7.15. The van der Waals surface area contributed by atoms with Gasteiger partial charge in [-0.3, -0.25) is 0 Å². The number of aromatic amines is 1. The summed E-state index contributed by atoms with van der Waals surface area (Å²) >= 11 is 1.47. The van der Waals surface area contributed by atoms with Crippen molar-refractivity contribution < 1.29 is 9.53 Å². The lowest BCUT2D eigenvalue weighted by Crippen LogP contribution is -2.03. The average Bonchev–Trinajstić information content (AvgIpc) is 2.83. The molecule has 0 radical (unpaired) electrons. The maximum atomic E-state index is 11.4. The topological polar surface area (TPSA) is 80.8 Å². The van der Waals surface area contributed by atoms with E-state index in [1.165, 1.54) is 18.4 Å². The summed E-state index contributed by atoms with van der Waals surface area (Å²) in [6.07, 6.45) is 0. The number of rotatable bonds is 2. The van der Waals surface area contributed by atoms with E-state index in [1.807, 2.05) is 13.8 Å². The molecule has 0 fully saturated rings. The summed E-state index contributed by atoms with van der Waals surface area (Å²) < 4.78 is 4.63. The van der Waals surface area contributed by atoms with Gasteiger partial charge in [0.05, 0.1) is 22.7 Å². The quantitative estimate of drug-likeness (QED) is 0.798. The lowest BCUT2D eigenvalue weighted by molar-refractivity contribution is 0.0595. The predicted molar refractivity (Wildman–Crippen MR) is 58.3 cm³/mol. The number of carbonyl (C=O) groups is 1. The standard InChI is InChI=1S/C9H10N4O2S/c1-4-8(16-5(2)10-4)6-7(9(14)15-3)12-13-11-6/h1-3H3,(H,11,12,13). The highest BCUT2D eigenvalue weighted by atomic mass is 32.1. The van der Waals surface area contributed by atoms with Crippen LogP contribution in [0, 0.1) is 13.8 Å². The van der Waals surface area contributed by atoms with E-state index < -0.39 is 5.97 Å². The normalized spacial score (nSPS) is 10.4. The minimum atomic E-state index is -0.505. The van der Waals surface area contributed by atoms with Crippen molar-refractivity contribution in [3.05, 3.63) is 16.4 Å². The Bertz CT molecular complexity index is 531. The van der Waals surface area contributed by atoms with E-state index in [1.54, 1.807) is 0 Å². The van der Waals surface area contributed by atoms with E-state index in [0.29, 0.717) is 5.69 Å². The number of aryl methyl sites for hydroxylation is 2. The Balaban J connectivity index is 2.52. The van der Waals surface area contributed by atoms with E-state index in [4.69, 9.17) is 0 Å². The zero-order chi connectivity index (χ0) is 11.7. The first-order chi connectivity index (χ1) is 7.63. The SMILES string of the molecule is COC(=O)c1n[nH]nc1-c1sc(C)nc1C. The zero-order valence-corrected chi connectivity index (χ0v) is 9.88. The second-order valence-electron chi connectivity index (χ2n) is 3.16. The van der Waals surface area contributed by atoms with E-state index >= 15 is 0 Å². The molecule has 2 aromatic rings. The number of thiazole rings is 1. The van der Waals surface area contributed by atoms with Crippen molar-refractivity contribution in [2.75, 3.05) is 7.11 Å². The summed E-state index contributed by atoms with van der Waals surface area (Å²) in [4.78, 5) is 16.5. The Labute approximate surface area is 95.7 Å². The molecule has 0 saturated carbocycles. The monoisotopic (exact) mass is 238 g/mol. The van der Waals surface area contributed by atoms with E-state index in [-0.39, 0.29) is 5.69 Å². The number of nitrogens with zero attached hydrogens (tertiary/aromatic N) is 3. The lowest BCUT2D eigenvalue weighted by atomic mass is 10.2. The van der Waals surface area contributed by atoms with Gasteiger partial charge in [0.2, 0.25) is 0 Å². The third-order valence-electron chi connectivity index (χ3n) is 2.05. The molecule has 0 atom stereocenters. The van der Waals surface area contributed by atoms with Crippen LogP contribution in [0.5, 0.6) is 0 Å². The smallest absolute Gasteiger partial charge is 0.360 e. The van der Waals surface area contributed by atoms with Crippen LogP contribution in [0.4, 0.5) is 0 Å². The van der Waals surface area contributed by atoms with Gasteiger partial charge in [0, 0.05) is 0 Å². The number of aromatic nitrogens is 4. The summed E-state index contributed by atoms with van der Waals surface area (Å²) in [5.74, 6) is -0.505. The fourth-order valence-corrected chi connectivity index (χ4v) is 2.29. The van der Waals surface area contributed by atoms with Gasteiger partial charge < -0.3 is 4.74 Å². The summed E-state index contributed by atoms with van der Waals surface area (Å²) in [6, 6.07) is 0. The number of carbonyl (C=O) groups excluding carboxylic acids is 1. The van der Waals surface area contributed by atoms with Gasteiger partial charge in [-0.2, -0.15) is 10.3 Å². The molecule has 0 unspecified atom stereocenters. The summed E-state index contributed by atoms with van der Waals surface area (Å²) in [7, 11) is 1.31. The number of nitrogens with one attached hydrogen (secondary N) is 1. The van der Waals surface area contributed by atoms with E-state index in [2.05, 4.69) is 25.1 Å². The van der Waals surface area contributed by atoms with Crippen LogP contribution in [0.2, 0.25) is 0 Å². The van der Waals surface area contributed by atoms with Crippen LogP contribution in [0.1, 0.15) is 21.2 Å². The van der Waals surface area contributed by atoms with Crippen molar-refractivity contribution in [3.63, 3.8) is 0 Å². The first-order valence-corrected chi connectivity index (χ1v) is 5.38. The first kappa shape index (κ1) is 10.7. The minimum Gasteiger partial charge on any atom is -0.464 e. The molecular weight excluding hydrogens is 228 g/mol. The van der Waals surface area contributed by atoms with Gasteiger partial charge in [-0.25, -0.2) is 9.78 Å². The van der Waals surface area contributed by atoms with Crippen molar-refractivity contribution in [1.82, 2.24) is 20.4 Å². The summed E-state index contributed by atoms with van der Waals surface area (Å²) in [5.41, 5.74) is 1.52. The first-order valence-electron chi connectivity index (χ1n) is 4.57. The lowest BCUT2D eigenvalue weighted by Gasteiger charge is -1.96. The summed E-state index contributed by atoms with van der Waals surface area (Å²) in [6.45, 7) is 3.77. The molecule has 0 aromatic carbocycles. The molecule has 16 heavy (non-hydrogen) atoms. The Morgan fingerprint density at radius 3 is 2.69 bits per heavy atom. The van der Waals surface area contributed by atoms with Gasteiger partial charge in [-0.1, -0.05) is 0 Å². The van der Waals surface area contributed by atoms with Gasteiger partial charge in [0.25, 0.3) is 0 Å². The maximum Gasteiger partial charge on any atom is 0.360 e. The zero-order valence-electron chi connectivity index (χ0n) is 9.07. The second kappa shape index (κ2) is 4.01. The van der Waals surface area contributed by atoms with E-state index in [0.717, 1.165) is 15.6 Å². The van der Waals surface area contributed by atoms with Gasteiger partial charge in [0.1, 0.15) is 5.69 Å². The molecule has 7 heteroatoms. The summed E-state index contributed by atoms with van der Waals surface area (Å²) in [5, 5.41) is 11.1. The number of H-pyrrole nitrogens is 1.